The van der Waals surface area contributed by atoms with E-state index in [2.05, 4.69) is 57.9 Å². The van der Waals surface area contributed by atoms with Crippen molar-refractivity contribution in [1.82, 2.24) is 25.1 Å². The SMILES string of the molecule is c1ccc(Cn2cc(CNCCc3ccccn3)c(-c3cccnc3)n2)cc1. The van der Waals surface area contributed by atoms with Crippen LogP contribution in [0.1, 0.15) is 16.8 Å². The third-order valence-electron chi connectivity index (χ3n) is 4.56. The van der Waals surface area contributed by atoms with Gasteiger partial charge in [-0.3, -0.25) is 14.6 Å². The average Bonchev–Trinajstić information content (AvgIpc) is 3.16. The van der Waals surface area contributed by atoms with Gasteiger partial charge >= 0.3 is 0 Å². The van der Waals surface area contributed by atoms with Gasteiger partial charge in [0.1, 0.15) is 0 Å². The summed E-state index contributed by atoms with van der Waals surface area (Å²) in [6.45, 7) is 2.38. The van der Waals surface area contributed by atoms with Crippen LogP contribution >= 0.6 is 0 Å². The second-order valence-corrected chi connectivity index (χ2v) is 6.68. The number of nitrogens with zero attached hydrogens (tertiary/aromatic N) is 4. The average molecular weight is 369 g/mol. The zero-order valence-corrected chi connectivity index (χ0v) is 15.7. The topological polar surface area (TPSA) is 55.6 Å². The number of benzene rings is 1. The number of hydrogen-bond donors (Lipinski definition) is 1. The largest absolute Gasteiger partial charge is 0.312 e. The molecule has 140 valence electrons. The van der Waals surface area contributed by atoms with Gasteiger partial charge in [-0.2, -0.15) is 5.10 Å². The van der Waals surface area contributed by atoms with Crippen molar-refractivity contribution in [2.75, 3.05) is 6.54 Å². The first-order valence-corrected chi connectivity index (χ1v) is 9.50. The smallest absolute Gasteiger partial charge is 0.0983 e. The summed E-state index contributed by atoms with van der Waals surface area (Å²) in [6.07, 6.45) is 8.52. The van der Waals surface area contributed by atoms with Crippen LogP contribution in [0.2, 0.25) is 0 Å². The highest BCUT2D eigenvalue weighted by Gasteiger charge is 2.11. The van der Waals surface area contributed by atoms with Gasteiger partial charge < -0.3 is 5.32 Å². The van der Waals surface area contributed by atoms with E-state index < -0.39 is 0 Å². The van der Waals surface area contributed by atoms with E-state index in [1.54, 1.807) is 6.20 Å². The Kier molecular flexibility index (Phi) is 5.85. The number of nitrogens with one attached hydrogen (secondary N) is 1. The van der Waals surface area contributed by atoms with Crippen LogP contribution in [-0.4, -0.2) is 26.3 Å². The minimum Gasteiger partial charge on any atom is -0.312 e. The second kappa shape index (κ2) is 9.06. The van der Waals surface area contributed by atoms with Gasteiger partial charge in [-0.25, -0.2) is 0 Å². The van der Waals surface area contributed by atoms with Gasteiger partial charge in [0.2, 0.25) is 0 Å². The molecule has 1 aromatic carbocycles. The Bertz CT molecular complexity index is 981. The van der Waals surface area contributed by atoms with Crippen molar-refractivity contribution >= 4 is 0 Å². The lowest BCUT2D eigenvalue weighted by molar-refractivity contribution is 0.671. The minimum absolute atomic E-state index is 0.752. The molecule has 4 aromatic rings. The van der Waals surface area contributed by atoms with Gasteiger partial charge in [0.25, 0.3) is 0 Å². The Balaban J connectivity index is 1.47. The molecular formula is C23H23N5. The maximum atomic E-state index is 4.84. The molecule has 0 unspecified atom stereocenters. The third kappa shape index (κ3) is 4.69. The van der Waals surface area contributed by atoms with E-state index in [1.165, 1.54) is 11.1 Å². The van der Waals surface area contributed by atoms with Crippen LogP contribution in [0.15, 0.2) is 85.5 Å². The molecule has 0 radical (unpaired) electrons. The number of aromatic nitrogens is 4. The number of pyridine rings is 2. The lowest BCUT2D eigenvalue weighted by Crippen LogP contribution is -2.17. The molecule has 0 saturated carbocycles. The van der Waals surface area contributed by atoms with Crippen LogP contribution in [0.25, 0.3) is 11.3 Å². The molecule has 0 saturated heterocycles. The highest BCUT2D eigenvalue weighted by Crippen LogP contribution is 2.21. The van der Waals surface area contributed by atoms with E-state index in [0.29, 0.717) is 0 Å². The van der Waals surface area contributed by atoms with Crippen LogP contribution in [0.3, 0.4) is 0 Å². The Morgan fingerprint density at radius 2 is 1.79 bits per heavy atom. The molecule has 0 amide bonds. The lowest BCUT2D eigenvalue weighted by atomic mass is 10.1. The zero-order chi connectivity index (χ0) is 19.0. The van der Waals surface area contributed by atoms with Crippen LogP contribution < -0.4 is 5.32 Å². The molecule has 0 atom stereocenters. The fourth-order valence-electron chi connectivity index (χ4n) is 3.17. The molecule has 28 heavy (non-hydrogen) atoms. The van der Waals surface area contributed by atoms with E-state index in [-0.39, 0.29) is 0 Å². The number of hydrogen-bond acceptors (Lipinski definition) is 4. The molecule has 0 spiro atoms. The maximum Gasteiger partial charge on any atom is 0.0983 e. The Labute approximate surface area is 165 Å². The summed E-state index contributed by atoms with van der Waals surface area (Å²) in [7, 11) is 0. The first-order valence-electron chi connectivity index (χ1n) is 9.50. The predicted octanol–water partition coefficient (Wildman–Crippen LogP) is 3.72. The second-order valence-electron chi connectivity index (χ2n) is 6.68. The van der Waals surface area contributed by atoms with Crippen molar-refractivity contribution in [2.45, 2.75) is 19.5 Å². The van der Waals surface area contributed by atoms with Crippen molar-refractivity contribution in [3.8, 4) is 11.3 Å². The van der Waals surface area contributed by atoms with Crippen molar-refractivity contribution < 1.29 is 0 Å². The molecule has 0 bridgehead atoms. The zero-order valence-electron chi connectivity index (χ0n) is 15.7. The van der Waals surface area contributed by atoms with Crippen LogP contribution in [-0.2, 0) is 19.5 Å². The van der Waals surface area contributed by atoms with Gasteiger partial charge in [0.15, 0.2) is 0 Å². The predicted molar refractivity (Wildman–Crippen MR) is 111 cm³/mol. The molecular weight excluding hydrogens is 346 g/mol. The lowest BCUT2D eigenvalue weighted by Gasteiger charge is -2.05. The Morgan fingerprint density at radius 1 is 0.893 bits per heavy atom. The van der Waals surface area contributed by atoms with Crippen LogP contribution in [0, 0.1) is 0 Å². The fourth-order valence-corrected chi connectivity index (χ4v) is 3.17. The Morgan fingerprint density at radius 3 is 2.57 bits per heavy atom. The molecule has 3 heterocycles. The monoisotopic (exact) mass is 369 g/mol. The minimum atomic E-state index is 0.752. The molecule has 0 fully saturated rings. The first-order chi connectivity index (χ1) is 13.9. The molecule has 5 heteroatoms. The summed E-state index contributed by atoms with van der Waals surface area (Å²) < 4.78 is 2.01. The van der Waals surface area contributed by atoms with Gasteiger partial charge in [-0.15, -0.1) is 0 Å². The van der Waals surface area contributed by atoms with Gasteiger partial charge in [0.05, 0.1) is 12.2 Å². The normalized spacial score (nSPS) is 10.9. The third-order valence-corrected chi connectivity index (χ3v) is 4.56. The van der Waals surface area contributed by atoms with Crippen LogP contribution in [0.5, 0.6) is 0 Å². The molecule has 0 aliphatic rings. The van der Waals surface area contributed by atoms with E-state index in [1.807, 2.05) is 41.3 Å². The van der Waals surface area contributed by atoms with Gasteiger partial charge in [-0.05, 0) is 29.8 Å². The Hall–Kier alpha value is -3.31. The molecule has 0 aliphatic carbocycles. The van der Waals surface area contributed by atoms with Gasteiger partial charge in [0, 0.05) is 61.1 Å². The molecule has 3 aromatic heterocycles. The molecule has 0 aliphatic heterocycles. The van der Waals surface area contributed by atoms with E-state index >= 15 is 0 Å². The van der Waals surface area contributed by atoms with Crippen LogP contribution in [0.4, 0.5) is 0 Å². The highest BCUT2D eigenvalue weighted by atomic mass is 15.3. The summed E-state index contributed by atoms with van der Waals surface area (Å²) in [6, 6.07) is 20.4. The van der Waals surface area contributed by atoms with E-state index in [4.69, 9.17) is 5.10 Å². The van der Waals surface area contributed by atoms with Crippen molar-refractivity contribution in [3.63, 3.8) is 0 Å². The standard InChI is InChI=1S/C23H23N5/c1-2-7-19(8-3-1)17-28-18-21(23(27-28)20-9-6-12-24-15-20)16-25-14-11-22-10-4-5-13-26-22/h1-10,12-13,15,18,25H,11,14,16-17H2. The van der Waals surface area contributed by atoms with Crippen molar-refractivity contribution in [1.29, 1.82) is 0 Å². The van der Waals surface area contributed by atoms with E-state index in [9.17, 15) is 0 Å². The molecule has 5 nitrogen and oxygen atoms in total. The molecule has 1 N–H and O–H groups in total. The summed E-state index contributed by atoms with van der Waals surface area (Å²) >= 11 is 0. The highest BCUT2D eigenvalue weighted by molar-refractivity contribution is 5.61. The summed E-state index contributed by atoms with van der Waals surface area (Å²) in [5.41, 5.74) is 5.52. The summed E-state index contributed by atoms with van der Waals surface area (Å²) in [5, 5.41) is 8.36. The quantitative estimate of drug-likeness (QED) is 0.481. The first kappa shape index (κ1) is 18.1. The van der Waals surface area contributed by atoms with Gasteiger partial charge in [-0.1, -0.05) is 36.4 Å². The fraction of sp³-hybridized carbons (Fsp3) is 0.174. The maximum absolute atomic E-state index is 4.84. The summed E-state index contributed by atoms with van der Waals surface area (Å²) in [4.78, 5) is 8.63. The molecule has 4 rings (SSSR count). The van der Waals surface area contributed by atoms with E-state index in [0.717, 1.165) is 43.0 Å². The van der Waals surface area contributed by atoms with Crippen molar-refractivity contribution in [3.05, 3.63) is 102 Å². The number of rotatable bonds is 8. The van der Waals surface area contributed by atoms with Crippen molar-refractivity contribution in [2.24, 2.45) is 0 Å². The summed E-state index contributed by atoms with van der Waals surface area (Å²) in [5.74, 6) is 0.